The molecular formula is C19H22CrO6. The first-order valence-electron chi connectivity index (χ1n) is 7.58. The van der Waals surface area contributed by atoms with Crippen molar-refractivity contribution < 1.29 is 43.8 Å². The van der Waals surface area contributed by atoms with Gasteiger partial charge in [-0.1, -0.05) is 0 Å². The van der Waals surface area contributed by atoms with Gasteiger partial charge in [-0.05, 0) is 0 Å². The zero-order valence-corrected chi connectivity index (χ0v) is 16.2. The van der Waals surface area contributed by atoms with E-state index in [0.29, 0.717) is 5.41 Å². The van der Waals surface area contributed by atoms with Crippen LogP contribution in [-0.2, 0) is 43.8 Å². The Kier molecular flexibility index (Phi) is 29.7. The molecule has 0 radical (unpaired) electrons. The first-order valence-corrected chi connectivity index (χ1v) is 8.22. The zero-order valence-electron chi connectivity index (χ0n) is 15.0. The van der Waals surface area contributed by atoms with E-state index in [1.54, 1.807) is 0 Å². The normalized spacial score (nSPS) is 21.4. The molecule has 1 fully saturated rings. The van der Waals surface area contributed by atoms with Gasteiger partial charge < -0.3 is 0 Å². The molecule has 26 heavy (non-hydrogen) atoms. The maximum absolute atomic E-state index is 7.50. The molecule has 140 valence electrons. The van der Waals surface area contributed by atoms with Crippen molar-refractivity contribution in [1.29, 1.82) is 0 Å². The summed E-state index contributed by atoms with van der Waals surface area (Å²) < 4.78 is 44.2. The predicted octanol–water partition coefficient (Wildman–Crippen LogP) is 3.43. The summed E-state index contributed by atoms with van der Waals surface area (Å²) in [6.07, 6.45) is 10.6. The summed E-state index contributed by atoms with van der Waals surface area (Å²) >= 11 is 3.13. The number of hydrogen-bond donors (Lipinski definition) is 0. The zero-order chi connectivity index (χ0) is 21.6. The van der Waals surface area contributed by atoms with Gasteiger partial charge in [0.1, 0.15) is 0 Å². The number of ether oxygens (including phenoxy) is 1. The number of allylic oxidation sites excluding steroid dienone is 1. The first-order chi connectivity index (χ1) is 12.7. The third-order valence-electron chi connectivity index (χ3n) is 4.37. The number of rotatable bonds is 3. The fourth-order valence-corrected chi connectivity index (χ4v) is 4.09. The molecule has 0 spiro atoms. The van der Waals surface area contributed by atoms with Gasteiger partial charge in [0.05, 0.1) is 0 Å². The average molecular weight is 398 g/mol. The van der Waals surface area contributed by atoms with E-state index in [9.17, 15) is 0 Å². The summed E-state index contributed by atoms with van der Waals surface area (Å²) in [4.78, 5) is 0. The van der Waals surface area contributed by atoms with E-state index < -0.39 is 0 Å². The van der Waals surface area contributed by atoms with Crippen LogP contribution in [0.2, 0.25) is 0 Å². The van der Waals surface area contributed by atoms with Crippen molar-refractivity contribution in [1.82, 2.24) is 0 Å². The van der Waals surface area contributed by atoms with Crippen LogP contribution in [0.5, 0.6) is 0 Å². The van der Waals surface area contributed by atoms with Gasteiger partial charge >= 0.3 is 164 Å². The minimum absolute atomic E-state index is 0.381. The molecule has 2 rings (SSSR count). The van der Waals surface area contributed by atoms with Gasteiger partial charge in [-0.2, -0.15) is 0 Å². The standard InChI is InChI=1S/C14H22O.5CO.Cr/c1-3-15-11-13-9-6-8-12-7-4-5-10-14(12,13)2;5*1-2;/h9,12H,3-8,10H2,1-2H3;;;;;;/t12-,14+;;;;;;/m0....../s1. The van der Waals surface area contributed by atoms with Crippen LogP contribution < -0.4 is 0 Å². The van der Waals surface area contributed by atoms with Crippen LogP contribution in [0.25, 0.3) is 0 Å². The average Bonchev–Trinajstić information content (AvgIpc) is 2.74. The molecule has 1 saturated carbocycles. The van der Waals surface area contributed by atoms with E-state index >= 15 is 0 Å². The first kappa shape index (κ1) is 32.5. The Labute approximate surface area is 163 Å². The molecule has 0 aromatic carbocycles. The van der Waals surface area contributed by atoms with E-state index in [1.807, 2.05) is 0 Å². The van der Waals surface area contributed by atoms with Crippen molar-refractivity contribution in [3.8, 4) is 0 Å². The van der Waals surface area contributed by atoms with Crippen LogP contribution >= 0.6 is 0 Å². The molecule has 0 unspecified atom stereocenters. The molecule has 2 aliphatic rings. The molecule has 2 atom stereocenters. The topological polar surface area (TPSA) is 109 Å². The van der Waals surface area contributed by atoms with Crippen LogP contribution in [0.1, 0.15) is 52.4 Å². The molecule has 0 amide bonds. The Morgan fingerprint density at radius 2 is 1.54 bits per heavy atom. The van der Waals surface area contributed by atoms with Crippen molar-refractivity contribution in [2.24, 2.45) is 11.3 Å². The third-order valence-corrected chi connectivity index (χ3v) is 4.90. The van der Waals surface area contributed by atoms with Crippen LogP contribution in [0.4, 0.5) is 0 Å². The van der Waals surface area contributed by atoms with Crippen molar-refractivity contribution in [2.75, 3.05) is 6.61 Å². The Bertz CT molecular complexity index is 466. The number of fused-ring (bicyclic) bond motifs is 1. The summed E-state index contributed by atoms with van der Waals surface area (Å²) in [7, 11) is 0. The van der Waals surface area contributed by atoms with Gasteiger partial charge in [0.25, 0.3) is 0 Å². The van der Waals surface area contributed by atoms with Crippen LogP contribution in [-0.4, -0.2) is 11.2 Å². The molecule has 0 heterocycles. The summed E-state index contributed by atoms with van der Waals surface area (Å²) in [6, 6.07) is 0. The molecule has 0 aliphatic heterocycles. The summed E-state index contributed by atoms with van der Waals surface area (Å²) in [6.45, 7) is 27.8. The molecule has 6 nitrogen and oxygen atoms in total. The van der Waals surface area contributed by atoms with Gasteiger partial charge in [0.15, 0.2) is 0 Å². The summed E-state index contributed by atoms with van der Waals surface area (Å²) in [5, 5.41) is 0. The third kappa shape index (κ3) is 10.7. The SMILES string of the molecule is CCO[C](=[Cr])C1=CCC[C@@H]2CCCC[C@@]12C.[C-]#[O+].[C-]#[O+].[C-]#[O+].[C-]#[O+].[C-]#[O+]. The van der Waals surface area contributed by atoms with Gasteiger partial charge in [0.2, 0.25) is 0 Å². The molecule has 7 heteroatoms. The van der Waals surface area contributed by atoms with E-state index in [-0.39, 0.29) is 0 Å². The second-order valence-electron chi connectivity index (χ2n) is 5.28. The summed E-state index contributed by atoms with van der Waals surface area (Å²) in [5.74, 6) is 0.880. The van der Waals surface area contributed by atoms with Crippen LogP contribution in [0, 0.1) is 44.6 Å². The van der Waals surface area contributed by atoms with Crippen molar-refractivity contribution in [3.05, 3.63) is 44.9 Å². The quantitative estimate of drug-likeness (QED) is 0.527. The van der Waals surface area contributed by atoms with E-state index in [1.165, 1.54) is 44.1 Å². The summed E-state index contributed by atoms with van der Waals surface area (Å²) in [5.41, 5.74) is 1.84. The molecular weight excluding hydrogens is 376 g/mol. The molecule has 0 aromatic rings. The van der Waals surface area contributed by atoms with Crippen molar-refractivity contribution in [2.45, 2.75) is 52.4 Å². The molecule has 0 aromatic heterocycles. The monoisotopic (exact) mass is 398 g/mol. The van der Waals surface area contributed by atoms with Gasteiger partial charge in [-0.15, -0.1) is 0 Å². The fraction of sp³-hybridized carbons (Fsp3) is 0.579. The second kappa shape index (κ2) is 23.8. The van der Waals surface area contributed by atoms with Gasteiger partial charge in [-0.3, -0.25) is 0 Å². The van der Waals surface area contributed by atoms with E-state index in [2.05, 4.69) is 69.0 Å². The van der Waals surface area contributed by atoms with Crippen LogP contribution in [0.15, 0.2) is 11.6 Å². The molecule has 2 aliphatic carbocycles. The minimum atomic E-state index is 0.381. The Balaban J connectivity index is -0.000000210. The Hall–Kier alpha value is -1.20. The molecule has 0 N–H and O–H groups in total. The predicted molar refractivity (Wildman–Crippen MR) is 83.7 cm³/mol. The second-order valence-corrected chi connectivity index (χ2v) is 5.85. The molecule has 0 saturated heterocycles. The van der Waals surface area contributed by atoms with Gasteiger partial charge in [0, 0.05) is 0 Å². The van der Waals surface area contributed by atoms with E-state index in [0.717, 1.165) is 17.1 Å². The van der Waals surface area contributed by atoms with Crippen molar-refractivity contribution in [3.63, 3.8) is 0 Å². The molecule has 0 bridgehead atoms. The van der Waals surface area contributed by atoms with Gasteiger partial charge in [-0.25, -0.2) is 0 Å². The Morgan fingerprint density at radius 3 is 2.00 bits per heavy atom. The van der Waals surface area contributed by atoms with Crippen LogP contribution in [0.3, 0.4) is 0 Å². The fourth-order valence-electron chi connectivity index (χ4n) is 3.41. The Morgan fingerprint density at radius 1 is 1.04 bits per heavy atom. The van der Waals surface area contributed by atoms with E-state index in [4.69, 9.17) is 28.0 Å². The van der Waals surface area contributed by atoms with Crippen molar-refractivity contribution >= 4 is 4.57 Å². The maximum atomic E-state index is 7.50. The number of hydrogen-bond acceptors (Lipinski definition) is 1.